The maximum absolute atomic E-state index is 12.0. The Morgan fingerprint density at radius 2 is 2.11 bits per heavy atom. The molecule has 0 radical (unpaired) electrons. The molecule has 5 heteroatoms. The first-order valence-electron chi connectivity index (χ1n) is 6.91. The van der Waals surface area contributed by atoms with Gasteiger partial charge in [0.2, 0.25) is 11.8 Å². The summed E-state index contributed by atoms with van der Waals surface area (Å²) in [5.74, 6) is -0.0779. The predicted molar refractivity (Wildman–Crippen MR) is 69.1 cm³/mol. The van der Waals surface area contributed by atoms with Crippen molar-refractivity contribution in [3.8, 4) is 0 Å². The lowest BCUT2D eigenvalue weighted by Gasteiger charge is -2.18. The molecule has 2 rings (SSSR count). The maximum Gasteiger partial charge on any atom is 0.246 e. The van der Waals surface area contributed by atoms with E-state index >= 15 is 0 Å². The molecule has 0 spiro atoms. The van der Waals surface area contributed by atoms with E-state index in [9.17, 15) is 9.59 Å². The predicted octanol–water partition coefficient (Wildman–Crippen LogP) is 0.208. The molecule has 1 atom stereocenters. The van der Waals surface area contributed by atoms with Gasteiger partial charge in [-0.05, 0) is 26.3 Å². The van der Waals surface area contributed by atoms with Crippen molar-refractivity contribution in [3.05, 3.63) is 0 Å². The number of amides is 2. The molecular formula is C13H23N3O2. The summed E-state index contributed by atoms with van der Waals surface area (Å²) in [5, 5.41) is 3.21. The Hall–Kier alpha value is -0.940. The zero-order valence-corrected chi connectivity index (χ0v) is 11.3. The van der Waals surface area contributed by atoms with Crippen molar-refractivity contribution >= 4 is 11.8 Å². The third kappa shape index (κ3) is 3.09. The number of carbonyl (C=O) groups excluding carboxylic acids is 2. The summed E-state index contributed by atoms with van der Waals surface area (Å²) in [6.07, 6.45) is 3.74. The van der Waals surface area contributed by atoms with Crippen molar-refractivity contribution in [2.75, 3.05) is 26.7 Å². The van der Waals surface area contributed by atoms with E-state index < -0.39 is 0 Å². The fourth-order valence-corrected chi connectivity index (χ4v) is 2.41. The van der Waals surface area contributed by atoms with Gasteiger partial charge in [0.25, 0.3) is 0 Å². The van der Waals surface area contributed by atoms with E-state index in [1.165, 1.54) is 17.7 Å². The van der Waals surface area contributed by atoms with E-state index in [2.05, 4.69) is 17.3 Å². The van der Waals surface area contributed by atoms with Crippen LogP contribution in [0.4, 0.5) is 0 Å². The van der Waals surface area contributed by atoms with E-state index in [-0.39, 0.29) is 17.9 Å². The summed E-state index contributed by atoms with van der Waals surface area (Å²) in [7, 11) is 2.12. The Bertz CT molecular complexity index is 328. The van der Waals surface area contributed by atoms with Crippen LogP contribution in [0.25, 0.3) is 0 Å². The number of imide groups is 1. The average molecular weight is 253 g/mol. The SMILES string of the molecule is CCCN1C(=O)CC(NCCN(C)C2CC2)C1=O. The van der Waals surface area contributed by atoms with E-state index in [1.54, 1.807) is 0 Å². The topological polar surface area (TPSA) is 52.7 Å². The van der Waals surface area contributed by atoms with Crippen LogP contribution in [0.3, 0.4) is 0 Å². The summed E-state index contributed by atoms with van der Waals surface area (Å²) in [4.78, 5) is 27.3. The van der Waals surface area contributed by atoms with Crippen molar-refractivity contribution in [1.29, 1.82) is 0 Å². The van der Waals surface area contributed by atoms with Crippen molar-refractivity contribution < 1.29 is 9.59 Å². The van der Waals surface area contributed by atoms with Crippen LogP contribution < -0.4 is 5.32 Å². The molecule has 2 aliphatic rings. The zero-order chi connectivity index (χ0) is 13.1. The van der Waals surface area contributed by atoms with Gasteiger partial charge in [-0.3, -0.25) is 14.5 Å². The molecule has 0 aromatic heterocycles. The Balaban J connectivity index is 1.72. The molecule has 1 unspecified atom stereocenters. The second-order valence-electron chi connectivity index (χ2n) is 5.31. The van der Waals surface area contributed by atoms with Crippen molar-refractivity contribution in [2.45, 2.75) is 44.7 Å². The third-order valence-electron chi connectivity index (χ3n) is 3.72. The van der Waals surface area contributed by atoms with Gasteiger partial charge in [0.05, 0.1) is 12.5 Å². The van der Waals surface area contributed by atoms with Crippen LogP contribution >= 0.6 is 0 Å². The second-order valence-corrected chi connectivity index (χ2v) is 5.31. The van der Waals surface area contributed by atoms with Crippen LogP contribution in [0.1, 0.15) is 32.6 Å². The van der Waals surface area contributed by atoms with Gasteiger partial charge in [0.1, 0.15) is 0 Å². The molecule has 1 aliphatic heterocycles. The molecule has 102 valence electrons. The first kappa shape index (κ1) is 13.5. The molecule has 0 bridgehead atoms. The van der Waals surface area contributed by atoms with Crippen LogP contribution in [0.2, 0.25) is 0 Å². The molecule has 1 aliphatic carbocycles. The first-order valence-corrected chi connectivity index (χ1v) is 6.91. The number of nitrogens with zero attached hydrogens (tertiary/aromatic N) is 2. The number of rotatable bonds is 7. The lowest BCUT2D eigenvalue weighted by Crippen LogP contribution is -2.42. The Morgan fingerprint density at radius 1 is 1.39 bits per heavy atom. The minimum absolute atomic E-state index is 0.0325. The van der Waals surface area contributed by atoms with Gasteiger partial charge in [-0.1, -0.05) is 6.92 Å². The molecule has 1 saturated heterocycles. The van der Waals surface area contributed by atoms with Gasteiger partial charge in [-0.15, -0.1) is 0 Å². The Kier molecular flexibility index (Phi) is 4.35. The van der Waals surface area contributed by atoms with Crippen LogP contribution in [0.15, 0.2) is 0 Å². The van der Waals surface area contributed by atoms with Crippen molar-refractivity contribution in [1.82, 2.24) is 15.1 Å². The fourth-order valence-electron chi connectivity index (χ4n) is 2.41. The van der Waals surface area contributed by atoms with Crippen LogP contribution in [0.5, 0.6) is 0 Å². The van der Waals surface area contributed by atoms with Crippen LogP contribution in [0, 0.1) is 0 Å². The number of likely N-dealkylation sites (N-methyl/N-ethyl adjacent to an activating group) is 1. The summed E-state index contributed by atoms with van der Waals surface area (Å²) in [5.41, 5.74) is 0. The molecular weight excluding hydrogens is 230 g/mol. The quantitative estimate of drug-likeness (QED) is 0.659. The Labute approximate surface area is 108 Å². The molecule has 2 fully saturated rings. The van der Waals surface area contributed by atoms with Crippen LogP contribution in [-0.4, -0.2) is 60.4 Å². The van der Waals surface area contributed by atoms with E-state index in [4.69, 9.17) is 0 Å². The summed E-state index contributed by atoms with van der Waals surface area (Å²) < 4.78 is 0. The smallest absolute Gasteiger partial charge is 0.246 e. The largest absolute Gasteiger partial charge is 0.304 e. The second kappa shape index (κ2) is 5.80. The minimum atomic E-state index is -0.295. The summed E-state index contributed by atoms with van der Waals surface area (Å²) in [6, 6.07) is 0.445. The van der Waals surface area contributed by atoms with Gasteiger partial charge in [0, 0.05) is 25.7 Å². The van der Waals surface area contributed by atoms with Gasteiger partial charge in [0.15, 0.2) is 0 Å². The van der Waals surface area contributed by atoms with Gasteiger partial charge in [-0.25, -0.2) is 0 Å². The monoisotopic (exact) mass is 253 g/mol. The lowest BCUT2D eigenvalue weighted by molar-refractivity contribution is -0.138. The van der Waals surface area contributed by atoms with Crippen molar-refractivity contribution in [3.63, 3.8) is 0 Å². The number of nitrogens with one attached hydrogen (secondary N) is 1. The first-order chi connectivity index (χ1) is 8.63. The molecule has 1 saturated carbocycles. The van der Waals surface area contributed by atoms with E-state index in [0.29, 0.717) is 13.0 Å². The molecule has 5 nitrogen and oxygen atoms in total. The minimum Gasteiger partial charge on any atom is -0.304 e. The molecule has 0 aromatic carbocycles. The van der Waals surface area contributed by atoms with E-state index in [0.717, 1.165) is 25.6 Å². The molecule has 18 heavy (non-hydrogen) atoms. The average Bonchev–Trinajstić information content (AvgIpc) is 3.14. The third-order valence-corrected chi connectivity index (χ3v) is 3.72. The molecule has 0 aromatic rings. The highest BCUT2D eigenvalue weighted by atomic mass is 16.2. The number of hydrogen-bond donors (Lipinski definition) is 1. The van der Waals surface area contributed by atoms with Crippen LogP contribution in [-0.2, 0) is 9.59 Å². The van der Waals surface area contributed by atoms with E-state index in [1.807, 2.05) is 6.92 Å². The standard InChI is InChI=1S/C13H23N3O2/c1-3-7-16-12(17)9-11(13(16)18)14-6-8-15(2)10-4-5-10/h10-11,14H,3-9H2,1-2H3. The highest BCUT2D eigenvalue weighted by Crippen LogP contribution is 2.24. The highest BCUT2D eigenvalue weighted by Gasteiger charge is 2.37. The fraction of sp³-hybridized carbons (Fsp3) is 0.846. The number of likely N-dealkylation sites (tertiary alicyclic amines) is 1. The van der Waals surface area contributed by atoms with Gasteiger partial charge >= 0.3 is 0 Å². The molecule has 1 N–H and O–H groups in total. The normalized spacial score (nSPS) is 24.4. The van der Waals surface area contributed by atoms with Gasteiger partial charge in [-0.2, -0.15) is 0 Å². The molecule has 2 amide bonds. The highest BCUT2D eigenvalue weighted by molar-refractivity contribution is 6.05. The number of hydrogen-bond acceptors (Lipinski definition) is 4. The number of carbonyl (C=O) groups is 2. The lowest BCUT2D eigenvalue weighted by atomic mass is 10.2. The summed E-state index contributed by atoms with van der Waals surface area (Å²) >= 11 is 0. The zero-order valence-electron chi connectivity index (χ0n) is 11.3. The van der Waals surface area contributed by atoms with Crippen molar-refractivity contribution in [2.24, 2.45) is 0 Å². The summed E-state index contributed by atoms with van der Waals surface area (Å²) in [6.45, 7) is 4.25. The Morgan fingerprint density at radius 3 is 2.72 bits per heavy atom. The van der Waals surface area contributed by atoms with Gasteiger partial charge < -0.3 is 10.2 Å². The maximum atomic E-state index is 12.0. The molecule has 1 heterocycles.